The average molecular weight is 591 g/mol. The second kappa shape index (κ2) is 11.7. The van der Waals surface area contributed by atoms with Crippen molar-refractivity contribution in [2.75, 3.05) is 39.9 Å². The Hall–Kier alpha value is -2.65. The Morgan fingerprint density at radius 3 is 2.65 bits per heavy atom. The minimum atomic E-state index is -3.66. The van der Waals surface area contributed by atoms with Crippen LogP contribution < -0.4 is 14.8 Å². The summed E-state index contributed by atoms with van der Waals surface area (Å²) in [5.41, 5.74) is 0.356. The summed E-state index contributed by atoms with van der Waals surface area (Å²) in [6.45, 7) is 1.46. The van der Waals surface area contributed by atoms with Gasteiger partial charge in [-0.05, 0) is 50.6 Å². The molecule has 3 aromatic rings. The van der Waals surface area contributed by atoms with Crippen LogP contribution in [0.1, 0.15) is 19.3 Å². The maximum atomic E-state index is 13.3. The van der Waals surface area contributed by atoms with Gasteiger partial charge in [0.1, 0.15) is 23.4 Å². The molecule has 1 spiro atoms. The molecule has 3 N–H and O–H groups in total. The van der Waals surface area contributed by atoms with Crippen LogP contribution in [-0.4, -0.2) is 88.9 Å². The number of hydrogen-bond donors (Lipinski definition) is 3. The number of nitrogens with zero attached hydrogens (tertiary/aromatic N) is 2. The van der Waals surface area contributed by atoms with E-state index >= 15 is 0 Å². The van der Waals surface area contributed by atoms with Gasteiger partial charge < -0.3 is 19.9 Å². The zero-order chi connectivity index (χ0) is 28.4. The molecular formula is C27H34N4O7S2. The molecular weight excluding hydrogens is 556 g/mol. The van der Waals surface area contributed by atoms with E-state index in [-0.39, 0.29) is 29.0 Å². The molecule has 2 aliphatic heterocycles. The van der Waals surface area contributed by atoms with E-state index in [1.807, 2.05) is 24.3 Å². The Labute approximate surface area is 234 Å². The zero-order valence-electron chi connectivity index (χ0n) is 22.2. The van der Waals surface area contributed by atoms with Crippen LogP contribution in [0.4, 0.5) is 0 Å². The number of nitrogens with one attached hydrogen (secondary N) is 2. The second-order valence-corrected chi connectivity index (χ2v) is 14.0. The Bertz CT molecular complexity index is 1560. The highest BCUT2D eigenvalue weighted by Crippen LogP contribution is 2.37. The van der Waals surface area contributed by atoms with Crippen LogP contribution in [0.2, 0.25) is 0 Å². The summed E-state index contributed by atoms with van der Waals surface area (Å²) in [7, 11) is -5.91. The number of fused-ring (bicyclic) bond motifs is 1. The van der Waals surface area contributed by atoms with Gasteiger partial charge in [-0.1, -0.05) is 24.3 Å². The van der Waals surface area contributed by atoms with Gasteiger partial charge in [-0.15, -0.1) is 0 Å². The van der Waals surface area contributed by atoms with Gasteiger partial charge in [-0.3, -0.25) is 4.98 Å². The van der Waals surface area contributed by atoms with Gasteiger partial charge in [0, 0.05) is 43.3 Å². The highest BCUT2D eigenvalue weighted by molar-refractivity contribution is 7.89. The van der Waals surface area contributed by atoms with E-state index < -0.39 is 31.8 Å². The molecule has 2 aliphatic rings. The monoisotopic (exact) mass is 590 g/mol. The first kappa shape index (κ1) is 28.9. The van der Waals surface area contributed by atoms with Gasteiger partial charge >= 0.3 is 0 Å². The molecule has 0 saturated carbocycles. The molecule has 5 rings (SSSR count). The minimum absolute atomic E-state index is 0.00871. The molecule has 11 nitrogen and oxygen atoms in total. The van der Waals surface area contributed by atoms with E-state index in [2.05, 4.69) is 15.0 Å². The first-order valence-electron chi connectivity index (χ1n) is 13.2. The predicted octanol–water partition coefficient (Wildman–Crippen LogP) is 1.48. The van der Waals surface area contributed by atoms with Crippen LogP contribution in [0.5, 0.6) is 5.75 Å². The third-order valence-corrected chi connectivity index (χ3v) is 10.8. The molecule has 3 heterocycles. The molecule has 40 heavy (non-hydrogen) atoms. The molecule has 2 saturated heterocycles. The number of sulfonamides is 2. The number of benzene rings is 2. The standard InChI is InChI=1S/C27H34N4O7S2/c1-28-39(33,34)24-7-4-6-23(14-24)37-19-22(32)16-29-21-15-27(38-18-21)9-11-31(12-10-27)40(35,36)25-13-20-5-2-3-8-26(20)30-17-25/h2-8,13-14,17,21-22,28-29,32H,9-12,15-16,18-19H2,1H3/t21?,22-/m0/s1. The number of rotatable bonds is 10. The number of para-hydroxylation sites is 1. The van der Waals surface area contributed by atoms with Crippen LogP contribution >= 0.6 is 0 Å². The summed E-state index contributed by atoms with van der Waals surface area (Å²) >= 11 is 0. The van der Waals surface area contributed by atoms with E-state index in [0.717, 1.165) is 17.3 Å². The lowest BCUT2D eigenvalue weighted by Gasteiger charge is -2.38. The predicted molar refractivity (Wildman–Crippen MR) is 149 cm³/mol. The van der Waals surface area contributed by atoms with E-state index in [9.17, 15) is 21.9 Å². The van der Waals surface area contributed by atoms with Crippen molar-refractivity contribution in [1.29, 1.82) is 0 Å². The number of ether oxygens (including phenoxy) is 2. The van der Waals surface area contributed by atoms with Crippen LogP contribution in [0.15, 0.2) is 70.6 Å². The first-order valence-corrected chi connectivity index (χ1v) is 16.1. The molecule has 1 aromatic heterocycles. The maximum Gasteiger partial charge on any atom is 0.244 e. The van der Waals surface area contributed by atoms with Crippen molar-refractivity contribution >= 4 is 30.9 Å². The van der Waals surface area contributed by atoms with Gasteiger partial charge in [-0.25, -0.2) is 21.6 Å². The number of hydrogen-bond acceptors (Lipinski definition) is 9. The molecule has 0 radical (unpaired) electrons. The van der Waals surface area contributed by atoms with Gasteiger partial charge in [0.25, 0.3) is 0 Å². The van der Waals surface area contributed by atoms with Crippen molar-refractivity contribution in [2.24, 2.45) is 0 Å². The fourth-order valence-corrected chi connectivity index (χ4v) is 7.39. The second-order valence-electron chi connectivity index (χ2n) is 10.2. The van der Waals surface area contributed by atoms with E-state index in [1.165, 1.54) is 29.7 Å². The third kappa shape index (κ3) is 6.30. The lowest BCUT2D eigenvalue weighted by atomic mass is 9.88. The summed E-state index contributed by atoms with van der Waals surface area (Å²) in [6.07, 6.45) is 2.50. The van der Waals surface area contributed by atoms with Gasteiger partial charge in [0.15, 0.2) is 0 Å². The van der Waals surface area contributed by atoms with E-state index in [1.54, 1.807) is 18.2 Å². The maximum absolute atomic E-state index is 13.3. The topological polar surface area (TPSA) is 147 Å². The molecule has 216 valence electrons. The Kier molecular flexibility index (Phi) is 8.43. The quantitative estimate of drug-likeness (QED) is 0.319. The zero-order valence-corrected chi connectivity index (χ0v) is 23.8. The van der Waals surface area contributed by atoms with E-state index in [4.69, 9.17) is 9.47 Å². The van der Waals surface area contributed by atoms with Crippen molar-refractivity contribution < 1.29 is 31.4 Å². The summed E-state index contributed by atoms with van der Waals surface area (Å²) < 4.78 is 66.0. The molecule has 0 amide bonds. The van der Waals surface area contributed by atoms with Crippen LogP contribution in [0, 0.1) is 0 Å². The Balaban J connectivity index is 1.09. The van der Waals surface area contributed by atoms with Crippen molar-refractivity contribution in [3.8, 4) is 5.75 Å². The highest BCUT2D eigenvalue weighted by atomic mass is 32.2. The number of aliphatic hydroxyl groups excluding tert-OH is 1. The smallest absolute Gasteiger partial charge is 0.244 e. The van der Waals surface area contributed by atoms with Gasteiger partial charge in [0.2, 0.25) is 20.0 Å². The lowest BCUT2D eigenvalue weighted by molar-refractivity contribution is -0.0312. The molecule has 0 bridgehead atoms. The largest absolute Gasteiger partial charge is 0.491 e. The van der Waals surface area contributed by atoms with Crippen LogP contribution in [0.25, 0.3) is 10.9 Å². The van der Waals surface area contributed by atoms with Crippen molar-refractivity contribution in [3.63, 3.8) is 0 Å². The Morgan fingerprint density at radius 1 is 1.10 bits per heavy atom. The Morgan fingerprint density at radius 2 is 1.88 bits per heavy atom. The number of aromatic nitrogens is 1. The summed E-state index contributed by atoms with van der Waals surface area (Å²) in [6, 6.07) is 15.2. The normalized spacial score (nSPS) is 20.6. The highest BCUT2D eigenvalue weighted by Gasteiger charge is 2.44. The average Bonchev–Trinajstić information content (AvgIpc) is 3.37. The van der Waals surface area contributed by atoms with Gasteiger partial charge in [0.05, 0.1) is 22.6 Å². The molecule has 0 aliphatic carbocycles. The van der Waals surface area contributed by atoms with Gasteiger partial charge in [-0.2, -0.15) is 4.31 Å². The summed E-state index contributed by atoms with van der Waals surface area (Å²) in [4.78, 5) is 4.59. The minimum Gasteiger partial charge on any atom is -0.491 e. The summed E-state index contributed by atoms with van der Waals surface area (Å²) in [5, 5.41) is 14.5. The SMILES string of the molecule is CNS(=O)(=O)c1cccc(OC[C@@H](O)CNC2COC3(CCN(S(=O)(=O)c4cnc5ccccc5c4)CC3)C2)c1. The molecule has 1 unspecified atom stereocenters. The fourth-order valence-electron chi connectivity index (χ4n) is 5.20. The molecule has 2 atom stereocenters. The molecule has 2 aromatic carbocycles. The first-order chi connectivity index (χ1) is 19.1. The molecule has 2 fully saturated rings. The third-order valence-electron chi connectivity index (χ3n) is 7.51. The number of aliphatic hydroxyl groups is 1. The lowest BCUT2D eigenvalue weighted by Crippen LogP contribution is -2.47. The summed E-state index contributed by atoms with van der Waals surface area (Å²) in [5.74, 6) is 0.347. The number of piperidine rings is 1. The van der Waals surface area contributed by atoms with Crippen LogP contribution in [0.3, 0.4) is 0 Å². The van der Waals surface area contributed by atoms with Crippen molar-refractivity contribution in [2.45, 2.75) is 46.8 Å². The van der Waals surface area contributed by atoms with Crippen molar-refractivity contribution in [1.82, 2.24) is 19.3 Å². The van der Waals surface area contributed by atoms with Crippen LogP contribution in [-0.2, 0) is 24.8 Å². The fraction of sp³-hybridized carbons (Fsp3) is 0.444. The number of pyridine rings is 1. The van der Waals surface area contributed by atoms with Crippen molar-refractivity contribution in [3.05, 3.63) is 60.8 Å². The van der Waals surface area contributed by atoms with E-state index in [0.29, 0.717) is 38.3 Å². The molecule has 13 heteroatoms.